The van der Waals surface area contributed by atoms with Crippen LogP contribution in [0.3, 0.4) is 0 Å². The molecule has 5 nitrogen and oxygen atoms in total. The summed E-state index contributed by atoms with van der Waals surface area (Å²) in [6.45, 7) is 7.46. The monoisotopic (exact) mass is 859 g/mol. The number of unbranched alkanes of at least 4 members (excludes halogenated alkanes) is 16. The van der Waals surface area contributed by atoms with Crippen molar-refractivity contribution in [3.8, 4) is 0 Å². The normalized spacial score (nSPS) is 13.1. The first-order chi connectivity index (χ1) is 30.6. The number of hydrogen-bond donors (Lipinski definition) is 0. The Bertz CT molecular complexity index is 1250. The zero-order valence-corrected chi connectivity index (χ0v) is 40.3. The SMILES string of the molecule is CC/C=C\C/C=C\C/C=C\C/C=C\CCCCCCCCCOCC(COC(=O)CC/C=C\C/C=C\C/C=C\C/C=C\CC)OC(=O)CCCCCCC/C=C\CCCCCC. The fourth-order valence-corrected chi connectivity index (χ4v) is 6.57. The fourth-order valence-electron chi connectivity index (χ4n) is 6.57. The lowest BCUT2D eigenvalue weighted by molar-refractivity contribution is -0.162. The summed E-state index contributed by atoms with van der Waals surface area (Å²) in [5.41, 5.74) is 0. The van der Waals surface area contributed by atoms with Crippen molar-refractivity contribution in [3.05, 3.63) is 109 Å². The largest absolute Gasteiger partial charge is 0.462 e. The Labute approximate surface area is 383 Å². The maximum Gasteiger partial charge on any atom is 0.306 e. The molecule has 0 spiro atoms. The van der Waals surface area contributed by atoms with E-state index in [2.05, 4.69) is 124 Å². The van der Waals surface area contributed by atoms with Crippen molar-refractivity contribution in [2.24, 2.45) is 0 Å². The van der Waals surface area contributed by atoms with Gasteiger partial charge >= 0.3 is 11.9 Å². The average molecular weight is 859 g/mol. The van der Waals surface area contributed by atoms with E-state index in [1.165, 1.54) is 77.0 Å². The van der Waals surface area contributed by atoms with Gasteiger partial charge in [-0.1, -0.05) is 201 Å². The summed E-state index contributed by atoms with van der Waals surface area (Å²) in [6, 6.07) is 0. The predicted molar refractivity (Wildman–Crippen MR) is 269 cm³/mol. The maximum atomic E-state index is 12.8. The van der Waals surface area contributed by atoms with Gasteiger partial charge in [0.25, 0.3) is 0 Å². The highest BCUT2D eigenvalue weighted by atomic mass is 16.6. The van der Waals surface area contributed by atoms with Crippen LogP contribution in [-0.4, -0.2) is 37.9 Å². The molecule has 0 amide bonds. The van der Waals surface area contributed by atoms with Crippen LogP contribution in [0.1, 0.15) is 213 Å². The molecule has 0 saturated heterocycles. The molecule has 1 unspecified atom stereocenters. The third-order valence-electron chi connectivity index (χ3n) is 10.3. The van der Waals surface area contributed by atoms with Crippen molar-refractivity contribution in [2.75, 3.05) is 19.8 Å². The highest BCUT2D eigenvalue weighted by Gasteiger charge is 2.17. The Morgan fingerprint density at radius 1 is 0.371 bits per heavy atom. The smallest absolute Gasteiger partial charge is 0.306 e. The van der Waals surface area contributed by atoms with E-state index < -0.39 is 6.10 Å². The van der Waals surface area contributed by atoms with E-state index in [1.807, 2.05) is 6.08 Å². The van der Waals surface area contributed by atoms with Crippen LogP contribution < -0.4 is 0 Å². The second-order valence-electron chi connectivity index (χ2n) is 16.3. The zero-order valence-electron chi connectivity index (χ0n) is 40.3. The minimum atomic E-state index is -0.581. The van der Waals surface area contributed by atoms with Gasteiger partial charge in [-0.25, -0.2) is 0 Å². The van der Waals surface area contributed by atoms with E-state index in [1.54, 1.807) is 0 Å². The van der Waals surface area contributed by atoms with Crippen molar-refractivity contribution in [1.29, 1.82) is 0 Å². The Hall–Kier alpha value is -3.44. The van der Waals surface area contributed by atoms with Crippen LogP contribution in [0.15, 0.2) is 109 Å². The minimum absolute atomic E-state index is 0.0335. The third kappa shape index (κ3) is 49.2. The molecule has 0 aliphatic carbocycles. The van der Waals surface area contributed by atoms with Crippen molar-refractivity contribution < 1.29 is 23.8 Å². The van der Waals surface area contributed by atoms with Gasteiger partial charge in [0.2, 0.25) is 0 Å². The fraction of sp³-hybridized carbons (Fsp3) is 0.649. The van der Waals surface area contributed by atoms with Crippen LogP contribution in [0.5, 0.6) is 0 Å². The van der Waals surface area contributed by atoms with Crippen LogP contribution in [0, 0.1) is 0 Å². The molecule has 5 heteroatoms. The Kier molecular flexibility index (Phi) is 49.0. The van der Waals surface area contributed by atoms with Crippen molar-refractivity contribution in [3.63, 3.8) is 0 Å². The highest BCUT2D eigenvalue weighted by molar-refractivity contribution is 5.70. The van der Waals surface area contributed by atoms with Gasteiger partial charge in [-0.15, -0.1) is 0 Å². The quantitative estimate of drug-likeness (QED) is 0.0347. The van der Waals surface area contributed by atoms with Crippen LogP contribution in [0.25, 0.3) is 0 Å². The van der Waals surface area contributed by atoms with E-state index in [-0.39, 0.29) is 25.2 Å². The average Bonchev–Trinajstić information content (AvgIpc) is 3.27. The molecule has 0 N–H and O–H groups in total. The molecule has 1 atom stereocenters. The third-order valence-corrected chi connectivity index (χ3v) is 10.3. The van der Waals surface area contributed by atoms with Gasteiger partial charge in [0.1, 0.15) is 6.61 Å². The second-order valence-corrected chi connectivity index (χ2v) is 16.3. The summed E-state index contributed by atoms with van der Waals surface area (Å²) in [4.78, 5) is 25.3. The van der Waals surface area contributed by atoms with Crippen molar-refractivity contribution in [2.45, 2.75) is 219 Å². The van der Waals surface area contributed by atoms with E-state index >= 15 is 0 Å². The predicted octanol–water partition coefficient (Wildman–Crippen LogP) is 17.2. The molecule has 62 heavy (non-hydrogen) atoms. The molecule has 0 aromatic carbocycles. The Morgan fingerprint density at radius 2 is 0.758 bits per heavy atom. The lowest BCUT2D eigenvalue weighted by Gasteiger charge is -2.18. The summed E-state index contributed by atoms with van der Waals surface area (Å²) in [7, 11) is 0. The molecule has 0 bridgehead atoms. The summed E-state index contributed by atoms with van der Waals surface area (Å²) in [6.07, 6.45) is 71.1. The van der Waals surface area contributed by atoms with E-state index in [4.69, 9.17) is 14.2 Å². The van der Waals surface area contributed by atoms with Gasteiger partial charge in [-0.2, -0.15) is 0 Å². The highest BCUT2D eigenvalue weighted by Crippen LogP contribution is 2.12. The standard InChI is InChI=1S/C57H94O5/c1-4-7-10-13-16-19-22-25-26-27-28-29-30-31-34-37-40-43-46-49-52-60-53-55(62-57(59)51-48-45-42-39-36-33-24-21-18-15-12-9-6-3)54-61-56(58)50-47-44-41-38-35-32-23-20-17-14-11-8-5-2/h7-8,10-11,16-17,19-21,24-26,28-29,32,35,41,44,55H,4-6,9,12-15,18,22-23,27,30-31,33-34,36-40,42-43,45-54H2,1-3H3/b10-7-,11-8-,19-16-,20-17-,24-21-,26-25-,29-28-,35-32-,44-41-. The molecule has 0 radical (unpaired) electrons. The molecule has 0 aromatic rings. The first-order valence-corrected chi connectivity index (χ1v) is 25.4. The molecule has 0 heterocycles. The molecular formula is C57H94O5. The lowest BCUT2D eigenvalue weighted by atomic mass is 10.1. The lowest BCUT2D eigenvalue weighted by Crippen LogP contribution is -2.30. The molecular weight excluding hydrogens is 765 g/mol. The van der Waals surface area contributed by atoms with Gasteiger partial charge in [0.15, 0.2) is 6.10 Å². The van der Waals surface area contributed by atoms with Gasteiger partial charge in [-0.3, -0.25) is 9.59 Å². The number of carbonyl (C=O) groups excluding carboxylic acids is 2. The maximum absolute atomic E-state index is 12.8. The molecule has 352 valence electrons. The van der Waals surface area contributed by atoms with Crippen LogP contribution in [0.4, 0.5) is 0 Å². The number of ether oxygens (including phenoxy) is 3. The topological polar surface area (TPSA) is 61.8 Å². The van der Waals surface area contributed by atoms with E-state index in [9.17, 15) is 9.59 Å². The first-order valence-electron chi connectivity index (χ1n) is 25.4. The van der Waals surface area contributed by atoms with Crippen molar-refractivity contribution in [1.82, 2.24) is 0 Å². The first kappa shape index (κ1) is 58.6. The summed E-state index contributed by atoms with van der Waals surface area (Å²) >= 11 is 0. The molecule has 0 aromatic heterocycles. The number of esters is 2. The number of rotatable bonds is 45. The number of carbonyl (C=O) groups is 2. The summed E-state index contributed by atoms with van der Waals surface area (Å²) in [5.74, 6) is -0.513. The molecule has 0 rings (SSSR count). The zero-order chi connectivity index (χ0) is 44.9. The van der Waals surface area contributed by atoms with Gasteiger partial charge in [0, 0.05) is 19.4 Å². The van der Waals surface area contributed by atoms with E-state index in [0.717, 1.165) is 96.3 Å². The molecule has 0 aliphatic heterocycles. The number of hydrogen-bond acceptors (Lipinski definition) is 5. The second kappa shape index (κ2) is 51.9. The van der Waals surface area contributed by atoms with Gasteiger partial charge in [0.05, 0.1) is 6.61 Å². The molecule has 0 saturated carbocycles. The van der Waals surface area contributed by atoms with Gasteiger partial charge < -0.3 is 14.2 Å². The minimum Gasteiger partial charge on any atom is -0.462 e. The Morgan fingerprint density at radius 3 is 1.24 bits per heavy atom. The summed E-state index contributed by atoms with van der Waals surface area (Å²) in [5, 5.41) is 0. The van der Waals surface area contributed by atoms with Gasteiger partial charge in [-0.05, 0) is 109 Å². The molecule has 0 aliphatic rings. The van der Waals surface area contributed by atoms with Crippen LogP contribution >= 0.6 is 0 Å². The summed E-state index contributed by atoms with van der Waals surface area (Å²) < 4.78 is 17.3. The molecule has 0 fully saturated rings. The van der Waals surface area contributed by atoms with Crippen LogP contribution in [-0.2, 0) is 23.8 Å². The Balaban J connectivity index is 4.37. The number of allylic oxidation sites excluding steroid dienone is 18. The van der Waals surface area contributed by atoms with Crippen molar-refractivity contribution >= 4 is 11.9 Å². The van der Waals surface area contributed by atoms with E-state index in [0.29, 0.717) is 25.9 Å². The van der Waals surface area contributed by atoms with Crippen LogP contribution in [0.2, 0.25) is 0 Å².